The second kappa shape index (κ2) is 9.88. The number of benzene rings is 2. The van der Waals surface area contributed by atoms with E-state index in [1.807, 2.05) is 75.4 Å². The first kappa shape index (κ1) is 25.6. The van der Waals surface area contributed by atoms with Crippen LogP contribution in [0, 0.1) is 5.41 Å². The molecule has 0 radical (unpaired) electrons. The third-order valence-corrected chi connectivity index (χ3v) is 6.99. The SMILES string of the molecule is COc1cccc(OC)c1C1=CC2(C(=O)OC(C)(C)C)CCC1(NC(=O)OCc1ccccc1)CC2. The minimum Gasteiger partial charge on any atom is -0.496 e. The van der Waals surface area contributed by atoms with Gasteiger partial charge in [-0.1, -0.05) is 42.5 Å². The number of fused-ring (bicyclic) bond motifs is 2. The molecule has 0 heterocycles. The fourth-order valence-corrected chi connectivity index (χ4v) is 5.17. The van der Waals surface area contributed by atoms with Gasteiger partial charge in [0.1, 0.15) is 23.7 Å². The maximum atomic E-state index is 13.4. The normalized spacial score (nSPS) is 22.9. The van der Waals surface area contributed by atoms with Crippen LogP contribution in [-0.4, -0.2) is 37.4 Å². The van der Waals surface area contributed by atoms with Gasteiger partial charge in [-0.15, -0.1) is 0 Å². The van der Waals surface area contributed by atoms with Crippen molar-refractivity contribution < 1.29 is 28.5 Å². The number of rotatable bonds is 7. The Morgan fingerprint density at radius 2 is 1.50 bits per heavy atom. The fourth-order valence-electron chi connectivity index (χ4n) is 5.17. The van der Waals surface area contributed by atoms with Crippen molar-refractivity contribution in [2.45, 2.75) is 64.2 Å². The molecule has 36 heavy (non-hydrogen) atoms. The molecule has 0 atom stereocenters. The molecule has 1 saturated carbocycles. The van der Waals surface area contributed by atoms with E-state index in [0.29, 0.717) is 37.2 Å². The Hall–Kier alpha value is -3.48. The molecule has 3 aliphatic rings. The zero-order chi connectivity index (χ0) is 26.0. The molecule has 0 unspecified atom stereocenters. The second-order valence-electron chi connectivity index (χ2n) is 10.5. The molecule has 7 nitrogen and oxygen atoms in total. The Morgan fingerprint density at radius 1 is 0.889 bits per heavy atom. The Kier molecular flexibility index (Phi) is 7.03. The number of nitrogens with one attached hydrogen (secondary N) is 1. The van der Waals surface area contributed by atoms with Crippen molar-refractivity contribution in [2.75, 3.05) is 14.2 Å². The lowest BCUT2D eigenvalue weighted by Crippen LogP contribution is -2.58. The molecule has 0 spiro atoms. The monoisotopic (exact) mass is 493 g/mol. The number of hydrogen-bond acceptors (Lipinski definition) is 6. The predicted molar refractivity (Wildman–Crippen MR) is 137 cm³/mol. The van der Waals surface area contributed by atoms with E-state index in [1.165, 1.54) is 0 Å². The molecule has 3 aliphatic carbocycles. The van der Waals surface area contributed by atoms with Crippen molar-refractivity contribution in [3.8, 4) is 11.5 Å². The van der Waals surface area contributed by atoms with Crippen LogP contribution in [0.25, 0.3) is 5.57 Å². The molecule has 1 N–H and O–H groups in total. The zero-order valence-corrected chi connectivity index (χ0v) is 21.7. The lowest BCUT2D eigenvalue weighted by atomic mass is 9.57. The highest BCUT2D eigenvalue weighted by Gasteiger charge is 2.56. The van der Waals surface area contributed by atoms with Gasteiger partial charge in [0.15, 0.2) is 0 Å². The van der Waals surface area contributed by atoms with Gasteiger partial charge in [0.05, 0.1) is 30.7 Å². The largest absolute Gasteiger partial charge is 0.496 e. The number of esters is 1. The van der Waals surface area contributed by atoms with Gasteiger partial charge in [0.2, 0.25) is 0 Å². The van der Waals surface area contributed by atoms with Crippen LogP contribution in [0.2, 0.25) is 0 Å². The van der Waals surface area contributed by atoms with Gasteiger partial charge >= 0.3 is 12.1 Å². The van der Waals surface area contributed by atoms with Gasteiger partial charge < -0.3 is 24.3 Å². The Balaban J connectivity index is 1.72. The highest BCUT2D eigenvalue weighted by Crippen LogP contribution is 2.57. The van der Waals surface area contributed by atoms with Gasteiger partial charge in [-0.05, 0) is 69.7 Å². The van der Waals surface area contributed by atoms with Crippen LogP contribution in [0.4, 0.5) is 4.79 Å². The van der Waals surface area contributed by atoms with E-state index in [9.17, 15) is 9.59 Å². The molecule has 2 aromatic carbocycles. The van der Waals surface area contributed by atoms with Crippen molar-refractivity contribution >= 4 is 17.6 Å². The summed E-state index contributed by atoms with van der Waals surface area (Å²) in [5.41, 5.74) is 0.289. The van der Waals surface area contributed by atoms with E-state index < -0.39 is 22.6 Å². The Morgan fingerprint density at radius 3 is 2.06 bits per heavy atom. The van der Waals surface area contributed by atoms with Gasteiger partial charge in [-0.3, -0.25) is 4.79 Å². The highest BCUT2D eigenvalue weighted by molar-refractivity contribution is 5.91. The number of ether oxygens (including phenoxy) is 4. The molecule has 7 heteroatoms. The lowest BCUT2D eigenvalue weighted by Gasteiger charge is -2.51. The highest BCUT2D eigenvalue weighted by atomic mass is 16.6. The molecule has 1 fully saturated rings. The summed E-state index contributed by atoms with van der Waals surface area (Å²) in [4.78, 5) is 26.5. The minimum absolute atomic E-state index is 0.168. The topological polar surface area (TPSA) is 83.1 Å². The summed E-state index contributed by atoms with van der Waals surface area (Å²) >= 11 is 0. The summed E-state index contributed by atoms with van der Waals surface area (Å²) in [5, 5.41) is 3.15. The minimum atomic E-state index is -0.786. The molecule has 0 saturated heterocycles. The summed E-state index contributed by atoms with van der Waals surface area (Å²) in [6, 6.07) is 15.1. The molecule has 0 aliphatic heterocycles. The number of amides is 1. The fraction of sp³-hybridized carbons (Fsp3) is 0.448. The molecular weight excluding hydrogens is 458 g/mol. The molecule has 2 aromatic rings. The molecule has 192 valence electrons. The van der Waals surface area contributed by atoms with Crippen molar-refractivity contribution in [1.29, 1.82) is 0 Å². The van der Waals surface area contributed by atoms with Crippen LogP contribution in [0.15, 0.2) is 54.6 Å². The van der Waals surface area contributed by atoms with E-state index in [-0.39, 0.29) is 12.6 Å². The summed E-state index contributed by atoms with van der Waals surface area (Å²) in [6.07, 6.45) is 3.68. The average Bonchev–Trinajstić information content (AvgIpc) is 2.87. The van der Waals surface area contributed by atoms with Gasteiger partial charge in [0.25, 0.3) is 0 Å². The van der Waals surface area contributed by atoms with Crippen molar-refractivity contribution in [2.24, 2.45) is 5.41 Å². The Bertz CT molecular complexity index is 1120. The molecular formula is C29H35NO6. The number of carbonyl (C=O) groups excluding carboxylic acids is 2. The van der Waals surface area contributed by atoms with E-state index in [1.54, 1.807) is 14.2 Å². The van der Waals surface area contributed by atoms with Crippen molar-refractivity contribution in [3.05, 3.63) is 65.7 Å². The van der Waals surface area contributed by atoms with E-state index >= 15 is 0 Å². The molecule has 1 amide bonds. The van der Waals surface area contributed by atoms with E-state index in [2.05, 4.69) is 5.32 Å². The number of methoxy groups -OCH3 is 2. The van der Waals surface area contributed by atoms with Gasteiger partial charge in [-0.25, -0.2) is 4.79 Å². The van der Waals surface area contributed by atoms with Crippen LogP contribution < -0.4 is 14.8 Å². The first-order valence-corrected chi connectivity index (χ1v) is 12.3. The standard InChI is InChI=1S/C29H35NO6/c1-27(2,3)36-25(31)28-14-16-29(17-15-28,30-26(32)35-19-20-10-7-6-8-11-20)21(18-28)24-22(33-4)12-9-13-23(24)34-5/h6-13,18H,14-17,19H2,1-5H3,(H,30,32). The van der Waals surface area contributed by atoms with Crippen LogP contribution >= 0.6 is 0 Å². The van der Waals surface area contributed by atoms with Crippen molar-refractivity contribution in [3.63, 3.8) is 0 Å². The maximum Gasteiger partial charge on any atom is 0.408 e. The predicted octanol–water partition coefficient (Wildman–Crippen LogP) is 5.67. The van der Waals surface area contributed by atoms with Crippen LogP contribution in [-0.2, 0) is 20.9 Å². The second-order valence-corrected chi connectivity index (χ2v) is 10.5. The third-order valence-electron chi connectivity index (χ3n) is 6.99. The lowest BCUT2D eigenvalue weighted by molar-refractivity contribution is -0.167. The van der Waals surface area contributed by atoms with Gasteiger partial charge in [0, 0.05) is 0 Å². The van der Waals surface area contributed by atoms with Gasteiger partial charge in [-0.2, -0.15) is 0 Å². The number of alkyl carbamates (subject to hydrolysis) is 1. The summed E-state index contributed by atoms with van der Waals surface area (Å²) < 4.78 is 22.8. The number of carbonyl (C=O) groups is 2. The Labute approximate surface area is 212 Å². The van der Waals surface area contributed by atoms with Crippen LogP contribution in [0.5, 0.6) is 11.5 Å². The number of hydrogen-bond donors (Lipinski definition) is 1. The molecule has 0 aromatic heterocycles. The van der Waals surface area contributed by atoms with Crippen molar-refractivity contribution in [1.82, 2.24) is 5.32 Å². The first-order valence-electron chi connectivity index (χ1n) is 12.3. The van der Waals surface area contributed by atoms with E-state index in [4.69, 9.17) is 18.9 Å². The smallest absolute Gasteiger partial charge is 0.408 e. The summed E-state index contributed by atoms with van der Waals surface area (Å²) in [6.45, 7) is 5.78. The summed E-state index contributed by atoms with van der Waals surface area (Å²) in [7, 11) is 3.19. The van der Waals surface area contributed by atoms with Crippen LogP contribution in [0.3, 0.4) is 0 Å². The summed E-state index contributed by atoms with van der Waals surface area (Å²) in [5.74, 6) is 0.957. The van der Waals surface area contributed by atoms with Crippen LogP contribution in [0.1, 0.15) is 57.6 Å². The van der Waals surface area contributed by atoms with E-state index in [0.717, 1.165) is 16.7 Å². The molecule has 2 bridgehead atoms. The third kappa shape index (κ3) is 5.06. The maximum absolute atomic E-state index is 13.4. The quantitative estimate of drug-likeness (QED) is 0.501. The first-order chi connectivity index (χ1) is 17.1. The zero-order valence-electron chi connectivity index (χ0n) is 21.7. The molecule has 5 rings (SSSR count). The average molecular weight is 494 g/mol.